The van der Waals surface area contributed by atoms with Crippen molar-refractivity contribution in [3.8, 4) is 17.4 Å². The van der Waals surface area contributed by atoms with Crippen LogP contribution in [0.4, 0.5) is 4.79 Å². The molecular weight excluding hydrogens is 324 g/mol. The van der Waals surface area contributed by atoms with Crippen LogP contribution in [0, 0.1) is 0 Å². The predicted octanol–water partition coefficient (Wildman–Crippen LogP) is 1.57. The molecule has 1 aromatic heterocycles. The van der Waals surface area contributed by atoms with Crippen LogP contribution in [0.3, 0.4) is 0 Å². The second-order valence-electron chi connectivity index (χ2n) is 5.88. The summed E-state index contributed by atoms with van der Waals surface area (Å²) in [6.45, 7) is 1.86. The van der Waals surface area contributed by atoms with Crippen molar-refractivity contribution in [3.63, 3.8) is 0 Å². The van der Waals surface area contributed by atoms with Gasteiger partial charge in [-0.15, -0.1) is 5.10 Å². The number of nitrogens with one attached hydrogen (secondary N) is 1. The van der Waals surface area contributed by atoms with E-state index in [-0.39, 0.29) is 18.9 Å². The van der Waals surface area contributed by atoms with Crippen molar-refractivity contribution in [3.05, 3.63) is 42.1 Å². The highest BCUT2D eigenvalue weighted by molar-refractivity contribution is 5.74. The highest BCUT2D eigenvalue weighted by atomic mass is 16.7. The number of aromatic nitrogens is 2. The topological polar surface area (TPSA) is 85.8 Å². The molecule has 8 heteroatoms. The molecule has 0 saturated carbocycles. The summed E-state index contributed by atoms with van der Waals surface area (Å²) in [5.74, 6) is 1.93. The molecule has 1 saturated heterocycles. The fourth-order valence-corrected chi connectivity index (χ4v) is 2.87. The van der Waals surface area contributed by atoms with Crippen LogP contribution in [0.15, 0.2) is 36.5 Å². The fraction of sp³-hybridized carbons (Fsp3) is 0.353. The molecule has 1 atom stereocenters. The van der Waals surface area contributed by atoms with Crippen molar-refractivity contribution >= 4 is 6.03 Å². The first-order valence-corrected chi connectivity index (χ1v) is 8.13. The van der Waals surface area contributed by atoms with Crippen LogP contribution in [0.2, 0.25) is 0 Å². The van der Waals surface area contributed by atoms with Crippen LogP contribution in [0.25, 0.3) is 0 Å². The first-order valence-electron chi connectivity index (χ1n) is 8.13. The Hall–Kier alpha value is -3.03. The van der Waals surface area contributed by atoms with Gasteiger partial charge in [-0.2, -0.15) is 5.10 Å². The van der Waals surface area contributed by atoms with Gasteiger partial charge in [-0.25, -0.2) is 4.79 Å². The standard InChI is InChI=1S/C17H18N4O4/c22-17(18-9-12-3-4-14-15(8-12)24-11-23-14)21-7-5-13(10-21)25-16-2-1-6-19-20-16/h1-4,6,8,13H,5,7,9-11H2,(H,18,22). The molecule has 0 radical (unpaired) electrons. The van der Waals surface area contributed by atoms with Gasteiger partial charge < -0.3 is 24.4 Å². The molecular formula is C17H18N4O4. The highest BCUT2D eigenvalue weighted by Crippen LogP contribution is 2.32. The Kier molecular flexibility index (Phi) is 4.24. The highest BCUT2D eigenvalue weighted by Gasteiger charge is 2.27. The monoisotopic (exact) mass is 342 g/mol. The third-order valence-corrected chi connectivity index (χ3v) is 4.15. The van der Waals surface area contributed by atoms with Crippen LogP contribution in [-0.2, 0) is 6.54 Å². The Labute approximate surface area is 144 Å². The number of likely N-dealkylation sites (tertiary alicyclic amines) is 1. The number of fused-ring (bicyclic) bond motifs is 1. The second-order valence-corrected chi connectivity index (χ2v) is 5.88. The van der Waals surface area contributed by atoms with E-state index < -0.39 is 0 Å². The number of rotatable bonds is 4. The van der Waals surface area contributed by atoms with Gasteiger partial charge in [0.2, 0.25) is 12.7 Å². The van der Waals surface area contributed by atoms with Crippen molar-refractivity contribution in [1.82, 2.24) is 20.4 Å². The van der Waals surface area contributed by atoms with Crippen LogP contribution in [0.5, 0.6) is 17.4 Å². The summed E-state index contributed by atoms with van der Waals surface area (Å²) in [5, 5.41) is 10.6. The number of carbonyl (C=O) groups is 1. The lowest BCUT2D eigenvalue weighted by molar-refractivity contribution is 0.174. The maximum Gasteiger partial charge on any atom is 0.317 e. The number of amides is 2. The second kappa shape index (κ2) is 6.84. The van der Waals surface area contributed by atoms with Gasteiger partial charge >= 0.3 is 6.03 Å². The minimum atomic E-state index is -0.108. The number of hydrogen-bond donors (Lipinski definition) is 1. The molecule has 25 heavy (non-hydrogen) atoms. The number of nitrogens with zero attached hydrogens (tertiary/aromatic N) is 3. The zero-order valence-corrected chi connectivity index (χ0v) is 13.6. The Bertz CT molecular complexity index is 756. The molecule has 130 valence electrons. The van der Waals surface area contributed by atoms with Crippen molar-refractivity contribution in [2.24, 2.45) is 0 Å². The fourth-order valence-electron chi connectivity index (χ4n) is 2.87. The van der Waals surface area contributed by atoms with Gasteiger partial charge in [0.1, 0.15) is 6.10 Å². The number of benzene rings is 1. The lowest BCUT2D eigenvalue weighted by atomic mass is 10.2. The van der Waals surface area contributed by atoms with E-state index in [9.17, 15) is 4.79 Å². The summed E-state index contributed by atoms with van der Waals surface area (Å²) in [5.41, 5.74) is 0.962. The molecule has 1 fully saturated rings. The average Bonchev–Trinajstić information content (AvgIpc) is 3.29. The summed E-state index contributed by atoms with van der Waals surface area (Å²) >= 11 is 0. The molecule has 1 N–H and O–H groups in total. The maximum atomic E-state index is 12.3. The maximum absolute atomic E-state index is 12.3. The zero-order valence-electron chi connectivity index (χ0n) is 13.6. The van der Waals surface area contributed by atoms with Gasteiger partial charge in [-0.3, -0.25) is 0 Å². The molecule has 0 bridgehead atoms. The van der Waals surface area contributed by atoms with E-state index in [1.165, 1.54) is 0 Å². The molecule has 2 aromatic rings. The lowest BCUT2D eigenvalue weighted by Crippen LogP contribution is -2.39. The number of hydrogen-bond acceptors (Lipinski definition) is 6. The summed E-state index contributed by atoms with van der Waals surface area (Å²) in [4.78, 5) is 14.1. The molecule has 2 aliphatic rings. The van der Waals surface area contributed by atoms with Crippen molar-refractivity contribution in [2.75, 3.05) is 19.9 Å². The predicted molar refractivity (Wildman–Crippen MR) is 87.4 cm³/mol. The summed E-state index contributed by atoms with van der Waals surface area (Å²) in [6, 6.07) is 9.07. The number of carbonyl (C=O) groups excluding carboxylic acids is 1. The van der Waals surface area contributed by atoms with Crippen molar-refractivity contribution < 1.29 is 19.0 Å². The Morgan fingerprint density at radius 2 is 2.24 bits per heavy atom. The first kappa shape index (κ1) is 15.5. The summed E-state index contributed by atoms with van der Waals surface area (Å²) in [7, 11) is 0. The van der Waals surface area contributed by atoms with E-state index in [0.29, 0.717) is 31.3 Å². The largest absolute Gasteiger partial charge is 0.471 e. The molecule has 2 aliphatic heterocycles. The van der Waals surface area contributed by atoms with Crippen LogP contribution >= 0.6 is 0 Å². The average molecular weight is 342 g/mol. The smallest absolute Gasteiger partial charge is 0.317 e. The summed E-state index contributed by atoms with van der Waals surface area (Å²) < 4.78 is 16.4. The minimum Gasteiger partial charge on any atom is -0.471 e. The summed E-state index contributed by atoms with van der Waals surface area (Å²) in [6.07, 6.45) is 2.30. The van der Waals surface area contributed by atoms with E-state index >= 15 is 0 Å². The van der Waals surface area contributed by atoms with Crippen LogP contribution in [0.1, 0.15) is 12.0 Å². The van der Waals surface area contributed by atoms with Crippen molar-refractivity contribution in [2.45, 2.75) is 19.1 Å². The van der Waals surface area contributed by atoms with Gasteiger partial charge in [0.05, 0.1) is 6.54 Å². The normalized spacial score (nSPS) is 18.2. The molecule has 2 amide bonds. The Balaban J connectivity index is 1.27. The quantitative estimate of drug-likeness (QED) is 0.908. The lowest BCUT2D eigenvalue weighted by Gasteiger charge is -2.17. The first-order chi connectivity index (χ1) is 12.3. The van der Waals surface area contributed by atoms with Gasteiger partial charge in [0.15, 0.2) is 11.5 Å². The van der Waals surface area contributed by atoms with E-state index in [1.54, 1.807) is 23.2 Å². The number of urea groups is 1. The molecule has 4 rings (SSSR count). The Morgan fingerprint density at radius 3 is 3.12 bits per heavy atom. The van der Waals surface area contributed by atoms with E-state index in [1.807, 2.05) is 18.2 Å². The molecule has 1 aromatic carbocycles. The van der Waals surface area contributed by atoms with Gasteiger partial charge in [0.25, 0.3) is 0 Å². The Morgan fingerprint density at radius 1 is 1.32 bits per heavy atom. The third-order valence-electron chi connectivity index (χ3n) is 4.15. The molecule has 1 unspecified atom stereocenters. The van der Waals surface area contributed by atoms with Gasteiger partial charge in [-0.1, -0.05) is 6.07 Å². The SMILES string of the molecule is O=C(NCc1ccc2c(c1)OCO2)N1CCC(Oc2cccnn2)C1. The molecule has 0 spiro atoms. The van der Waals surface area contributed by atoms with E-state index in [0.717, 1.165) is 17.7 Å². The molecule has 0 aliphatic carbocycles. The van der Waals surface area contributed by atoms with Gasteiger partial charge in [-0.05, 0) is 23.8 Å². The number of ether oxygens (including phenoxy) is 3. The van der Waals surface area contributed by atoms with Crippen LogP contribution < -0.4 is 19.5 Å². The van der Waals surface area contributed by atoms with Crippen LogP contribution in [-0.4, -0.2) is 47.1 Å². The van der Waals surface area contributed by atoms with E-state index in [2.05, 4.69) is 15.5 Å². The zero-order chi connectivity index (χ0) is 17.1. The minimum absolute atomic E-state index is 0.0620. The van der Waals surface area contributed by atoms with Gasteiger partial charge in [0, 0.05) is 31.8 Å². The van der Waals surface area contributed by atoms with E-state index in [4.69, 9.17) is 14.2 Å². The third kappa shape index (κ3) is 3.57. The van der Waals surface area contributed by atoms with Crippen molar-refractivity contribution in [1.29, 1.82) is 0 Å². The molecule has 3 heterocycles. The molecule has 8 nitrogen and oxygen atoms in total.